The van der Waals surface area contributed by atoms with Crippen molar-refractivity contribution in [2.75, 3.05) is 39.6 Å². The second-order valence-electron chi connectivity index (χ2n) is 17.2. The Morgan fingerprint density at radius 1 is 0.653 bits per heavy atom. The number of aliphatic carboxylic acids is 1. The number of hydrogen-bond acceptors (Lipinski definition) is 7. The number of unbranched alkanes of at least 4 members (excludes halogenated alkanes) is 3. The molecule has 0 aromatic heterocycles. The number of allylic oxidation sites excluding steroid dienone is 1. The van der Waals surface area contributed by atoms with Crippen LogP contribution in [0.5, 0.6) is 0 Å². The Hall–Kier alpha value is -1.19. The maximum atomic E-state index is 12.6. The van der Waals surface area contributed by atoms with Crippen LogP contribution < -0.4 is 0 Å². The van der Waals surface area contributed by atoms with Gasteiger partial charge < -0.3 is 33.5 Å². The van der Waals surface area contributed by atoms with Crippen molar-refractivity contribution in [3.05, 3.63) is 11.3 Å². The van der Waals surface area contributed by atoms with E-state index in [9.17, 15) is 9.90 Å². The van der Waals surface area contributed by atoms with Gasteiger partial charge in [-0.1, -0.05) is 20.8 Å². The van der Waals surface area contributed by atoms with E-state index in [1.54, 1.807) is 6.92 Å². The third-order valence-electron chi connectivity index (χ3n) is 14.1. The first kappa shape index (κ1) is 37.6. The molecule has 4 saturated carbocycles. The standard InChI is InChI=1S/C41H68O8/c1-5-37(17-23-47-37)14-8-11-20-44-34(32(4)35(42)43)36-26-33-27-40(29-36,45-21-12-9-15-38(6-2)18-24-48-38)31-41(28-33,30-36)46-22-13-10-16-39(7-3)19-25-49-39/h33H,5-31H2,1-4H3,(H,42,43). The van der Waals surface area contributed by atoms with Gasteiger partial charge in [-0.3, -0.25) is 0 Å². The Morgan fingerprint density at radius 2 is 1.08 bits per heavy atom. The van der Waals surface area contributed by atoms with Gasteiger partial charge in [0.05, 0.1) is 60.0 Å². The summed E-state index contributed by atoms with van der Waals surface area (Å²) in [5.74, 6) is 0.263. The molecule has 5 atom stereocenters. The number of ether oxygens (including phenoxy) is 6. The minimum Gasteiger partial charge on any atom is -0.497 e. The number of hydrogen-bond donors (Lipinski definition) is 1. The van der Waals surface area contributed by atoms with E-state index in [-0.39, 0.29) is 33.4 Å². The van der Waals surface area contributed by atoms with Crippen molar-refractivity contribution < 1.29 is 38.3 Å². The topological polar surface area (TPSA) is 92.7 Å². The highest BCUT2D eigenvalue weighted by Crippen LogP contribution is 2.68. The Bertz CT molecular complexity index is 1090. The van der Waals surface area contributed by atoms with Crippen LogP contribution in [-0.4, -0.2) is 78.7 Å². The average Bonchev–Trinajstić information content (AvgIpc) is 3.01. The predicted octanol–water partition coefficient (Wildman–Crippen LogP) is 9.07. The van der Waals surface area contributed by atoms with Crippen LogP contribution in [-0.2, 0) is 33.2 Å². The molecule has 3 aliphatic heterocycles. The molecule has 0 aromatic carbocycles. The summed E-state index contributed by atoms with van der Waals surface area (Å²) in [6, 6.07) is 0. The minimum atomic E-state index is -0.880. The number of rotatable bonds is 23. The molecule has 3 heterocycles. The quantitative estimate of drug-likeness (QED) is 0.0646. The molecule has 8 nitrogen and oxygen atoms in total. The zero-order chi connectivity index (χ0) is 34.6. The smallest absolute Gasteiger partial charge is 0.334 e. The molecule has 0 radical (unpaired) electrons. The van der Waals surface area contributed by atoms with Crippen LogP contribution in [0.4, 0.5) is 0 Å². The molecule has 49 heavy (non-hydrogen) atoms. The van der Waals surface area contributed by atoms with Crippen molar-refractivity contribution in [1.82, 2.24) is 0 Å². The van der Waals surface area contributed by atoms with Gasteiger partial charge in [0.15, 0.2) is 0 Å². The minimum absolute atomic E-state index is 0.0487. The molecule has 5 unspecified atom stereocenters. The van der Waals surface area contributed by atoms with Gasteiger partial charge in [-0.2, -0.15) is 0 Å². The summed E-state index contributed by atoms with van der Waals surface area (Å²) in [6.07, 6.45) is 21.7. The van der Waals surface area contributed by atoms with Crippen LogP contribution in [0.3, 0.4) is 0 Å². The Kier molecular flexibility index (Phi) is 11.8. The fraction of sp³-hybridized carbons (Fsp3) is 0.927. The molecular weight excluding hydrogens is 620 g/mol. The van der Waals surface area contributed by atoms with E-state index in [1.165, 1.54) is 12.8 Å². The van der Waals surface area contributed by atoms with Crippen LogP contribution >= 0.6 is 0 Å². The molecule has 280 valence electrons. The van der Waals surface area contributed by atoms with Crippen molar-refractivity contribution in [3.63, 3.8) is 0 Å². The van der Waals surface area contributed by atoms with Crippen LogP contribution in [0.2, 0.25) is 0 Å². The predicted molar refractivity (Wildman–Crippen MR) is 190 cm³/mol. The molecule has 4 bridgehead atoms. The fourth-order valence-electron chi connectivity index (χ4n) is 11.1. The lowest BCUT2D eigenvalue weighted by Crippen LogP contribution is -2.65. The monoisotopic (exact) mass is 688 g/mol. The first-order valence-corrected chi connectivity index (χ1v) is 20.3. The second kappa shape index (κ2) is 15.4. The van der Waals surface area contributed by atoms with Crippen LogP contribution in [0.15, 0.2) is 11.3 Å². The van der Waals surface area contributed by atoms with Gasteiger partial charge in [0.25, 0.3) is 0 Å². The van der Waals surface area contributed by atoms with E-state index in [0.29, 0.717) is 23.9 Å². The lowest BCUT2D eigenvalue weighted by Gasteiger charge is -2.66. The van der Waals surface area contributed by atoms with Gasteiger partial charge in [-0.15, -0.1) is 0 Å². The third kappa shape index (κ3) is 8.09. The molecule has 1 N–H and O–H groups in total. The van der Waals surface area contributed by atoms with E-state index >= 15 is 0 Å². The van der Waals surface area contributed by atoms with Gasteiger partial charge in [-0.25, -0.2) is 4.79 Å². The molecule has 7 rings (SSSR count). The molecule has 7 fully saturated rings. The van der Waals surface area contributed by atoms with Crippen LogP contribution in [0, 0.1) is 11.3 Å². The molecular formula is C41H68O8. The molecule has 8 heteroatoms. The third-order valence-corrected chi connectivity index (χ3v) is 14.1. The summed E-state index contributed by atoms with van der Waals surface area (Å²) in [7, 11) is 0. The summed E-state index contributed by atoms with van der Waals surface area (Å²) in [5.41, 5.74) is -0.383. The first-order valence-electron chi connectivity index (χ1n) is 20.3. The maximum absolute atomic E-state index is 12.6. The van der Waals surface area contributed by atoms with Crippen molar-refractivity contribution >= 4 is 5.97 Å². The number of carboxylic acid groups (broad SMARTS) is 1. The van der Waals surface area contributed by atoms with Gasteiger partial charge in [0, 0.05) is 25.0 Å². The van der Waals surface area contributed by atoms with E-state index < -0.39 is 5.97 Å². The zero-order valence-electron chi connectivity index (χ0n) is 31.5. The van der Waals surface area contributed by atoms with Crippen molar-refractivity contribution in [2.45, 2.75) is 191 Å². The van der Waals surface area contributed by atoms with Gasteiger partial charge in [-0.05, 0) is 141 Å². The molecule has 3 saturated heterocycles. The summed E-state index contributed by atoms with van der Waals surface area (Å²) < 4.78 is 38.6. The highest BCUT2D eigenvalue weighted by Gasteiger charge is 2.66. The first-order chi connectivity index (χ1) is 23.6. The zero-order valence-corrected chi connectivity index (χ0v) is 31.5. The van der Waals surface area contributed by atoms with Crippen LogP contribution in [0.25, 0.3) is 0 Å². The lowest BCUT2D eigenvalue weighted by atomic mass is 9.45. The highest BCUT2D eigenvalue weighted by molar-refractivity contribution is 5.86. The Morgan fingerprint density at radius 3 is 1.45 bits per heavy atom. The van der Waals surface area contributed by atoms with Crippen molar-refractivity contribution in [1.29, 1.82) is 0 Å². The lowest BCUT2D eigenvalue weighted by molar-refractivity contribution is -0.261. The molecule has 0 spiro atoms. The summed E-state index contributed by atoms with van der Waals surface area (Å²) in [5, 5.41) is 10.3. The van der Waals surface area contributed by atoms with E-state index in [0.717, 1.165) is 155 Å². The molecule has 0 amide bonds. The summed E-state index contributed by atoms with van der Waals surface area (Å²) in [4.78, 5) is 12.6. The van der Waals surface area contributed by atoms with E-state index in [4.69, 9.17) is 28.4 Å². The van der Waals surface area contributed by atoms with E-state index in [2.05, 4.69) is 20.8 Å². The van der Waals surface area contributed by atoms with Gasteiger partial charge in [0.1, 0.15) is 5.76 Å². The average molecular weight is 689 g/mol. The summed E-state index contributed by atoms with van der Waals surface area (Å²) in [6.45, 7) is 13.1. The van der Waals surface area contributed by atoms with Gasteiger partial charge >= 0.3 is 5.97 Å². The normalized spacial score (nSPS) is 39.6. The van der Waals surface area contributed by atoms with Crippen molar-refractivity contribution in [2.24, 2.45) is 11.3 Å². The molecule has 7 aliphatic rings. The highest BCUT2D eigenvalue weighted by atomic mass is 16.5. The molecule has 0 aromatic rings. The SMILES string of the molecule is CCC1(CCCCOC(=C(C)C(=O)O)C23CC4CC(OCCCCC5(CC)CCO5)(CC(OCCCCC5(CC)CCO5)(C4)C2)C3)CCO1. The van der Waals surface area contributed by atoms with Crippen LogP contribution in [0.1, 0.15) is 163 Å². The van der Waals surface area contributed by atoms with Crippen molar-refractivity contribution in [3.8, 4) is 0 Å². The van der Waals surface area contributed by atoms with E-state index in [1.807, 2.05) is 0 Å². The fourth-order valence-corrected chi connectivity index (χ4v) is 11.1. The second-order valence-corrected chi connectivity index (χ2v) is 17.2. The molecule has 4 aliphatic carbocycles. The van der Waals surface area contributed by atoms with Gasteiger partial charge in [0.2, 0.25) is 0 Å². The largest absolute Gasteiger partial charge is 0.497 e. The Labute approximate surface area is 296 Å². The number of carbonyl (C=O) groups is 1. The number of carboxylic acids is 1. The maximum Gasteiger partial charge on any atom is 0.334 e. The Balaban J connectivity index is 1.13. The summed E-state index contributed by atoms with van der Waals surface area (Å²) >= 11 is 0.